The summed E-state index contributed by atoms with van der Waals surface area (Å²) in [4.78, 5) is 36.1. The van der Waals surface area contributed by atoms with Crippen molar-refractivity contribution in [1.29, 1.82) is 0 Å². The Hall–Kier alpha value is -1.85. The lowest BCUT2D eigenvalue weighted by Gasteiger charge is -2.26. The van der Waals surface area contributed by atoms with Gasteiger partial charge >= 0.3 is 11.6 Å². The Balaban J connectivity index is 1.80. The van der Waals surface area contributed by atoms with E-state index in [4.69, 9.17) is 9.25 Å². The molecule has 0 spiro atoms. The number of aromatic nitrogens is 2. The summed E-state index contributed by atoms with van der Waals surface area (Å²) in [6, 6.07) is 1.10. The van der Waals surface area contributed by atoms with Crippen LogP contribution in [0.15, 0.2) is 25.2 Å². The summed E-state index contributed by atoms with van der Waals surface area (Å²) in [5.74, 6) is -0.274. The summed E-state index contributed by atoms with van der Waals surface area (Å²) < 4.78 is 29.1. The summed E-state index contributed by atoms with van der Waals surface area (Å²) in [6.07, 6.45) is 2.75. The van der Waals surface area contributed by atoms with Crippen molar-refractivity contribution < 1.29 is 18.0 Å². The van der Waals surface area contributed by atoms with Gasteiger partial charge in [-0.2, -0.15) is 13.8 Å². The van der Waals surface area contributed by atoms with Crippen molar-refractivity contribution in [2.45, 2.75) is 56.3 Å². The fourth-order valence-corrected chi connectivity index (χ4v) is 3.91. The molecule has 2 aromatic heterocycles. The third kappa shape index (κ3) is 5.61. The van der Waals surface area contributed by atoms with Crippen LogP contribution in [0.25, 0.3) is 11.1 Å². The van der Waals surface area contributed by atoms with Crippen LogP contribution in [0.4, 0.5) is 8.78 Å². The Bertz CT molecular complexity index is 1020. The molecule has 0 atom stereocenters. The zero-order valence-electron chi connectivity index (χ0n) is 16.1. The second-order valence-corrected chi connectivity index (χ2v) is 9.08. The molecular weight excluding hydrogens is 499 g/mol. The first-order valence-electron chi connectivity index (χ1n) is 9.50. The number of aryl methyl sites for hydroxylation is 1. The molecular formula is C19H22F2IN3O4. The van der Waals surface area contributed by atoms with Crippen LogP contribution in [-0.4, -0.2) is 19.6 Å². The van der Waals surface area contributed by atoms with Crippen LogP contribution in [0.2, 0.25) is 0 Å². The van der Waals surface area contributed by atoms with Crippen molar-refractivity contribution >= 4 is 39.4 Å². The van der Waals surface area contributed by atoms with Gasteiger partial charge < -0.3 is 9.25 Å². The van der Waals surface area contributed by atoms with Crippen LogP contribution in [0.1, 0.15) is 51.5 Å². The maximum absolute atomic E-state index is 13.4. The molecule has 29 heavy (non-hydrogen) atoms. The molecule has 0 radical (unpaired) electrons. The van der Waals surface area contributed by atoms with E-state index in [2.05, 4.69) is 29.0 Å². The standard InChI is InChI=1S/C19H22F2IN3O4/c1-10(2)3-4-11-9-14(26)28-17-15(11)16(27)23-18(24-17)29-25-13-7-5-12(6-8-13)19(20,21)22/h9-10,12H,3-8H2,1-2H3,(H,23,24,27). The average molecular weight is 521 g/mol. The summed E-state index contributed by atoms with van der Waals surface area (Å²) in [7, 11) is 0. The minimum atomic E-state index is -2.74. The molecule has 1 saturated carbocycles. The zero-order chi connectivity index (χ0) is 21.2. The largest absolute Gasteiger partial charge is 0.403 e. The fourth-order valence-electron chi connectivity index (χ4n) is 3.29. The monoisotopic (exact) mass is 521 g/mol. The van der Waals surface area contributed by atoms with Gasteiger partial charge in [-0.1, -0.05) is 19.0 Å². The smallest absolute Gasteiger partial charge is 0.337 e. The van der Waals surface area contributed by atoms with Gasteiger partial charge in [0.05, 0.1) is 5.71 Å². The molecule has 0 bridgehead atoms. The molecule has 1 fully saturated rings. The predicted octanol–water partition coefficient (Wildman–Crippen LogP) is 4.42. The Morgan fingerprint density at radius 1 is 1.38 bits per heavy atom. The van der Waals surface area contributed by atoms with Gasteiger partial charge in [-0.25, -0.2) is 4.79 Å². The number of fused-ring (bicyclic) bond motifs is 1. The lowest BCUT2D eigenvalue weighted by Crippen LogP contribution is -2.26. The minimum absolute atomic E-state index is 0.108. The number of hydrogen-bond acceptors (Lipinski definition) is 6. The normalized spacial score (nSPS) is 17.7. The Morgan fingerprint density at radius 3 is 2.69 bits per heavy atom. The molecule has 0 amide bonds. The van der Waals surface area contributed by atoms with E-state index in [1.54, 1.807) is 0 Å². The van der Waals surface area contributed by atoms with Crippen LogP contribution in [0, 0.1) is 11.8 Å². The van der Waals surface area contributed by atoms with Gasteiger partial charge in [0.1, 0.15) is 5.39 Å². The number of aromatic amines is 1. The summed E-state index contributed by atoms with van der Waals surface area (Å²) >= 11 is 1.17. The van der Waals surface area contributed by atoms with E-state index in [0.29, 0.717) is 49.3 Å². The van der Waals surface area contributed by atoms with Gasteiger partial charge in [-0.3, -0.25) is 9.78 Å². The molecule has 2 heterocycles. The number of halogens is 3. The molecule has 1 aliphatic rings. The molecule has 0 aromatic carbocycles. The molecule has 3 rings (SSSR count). The maximum atomic E-state index is 13.4. The van der Waals surface area contributed by atoms with Crippen molar-refractivity contribution in [3.8, 4) is 6.01 Å². The lowest BCUT2D eigenvalue weighted by molar-refractivity contribution is 0.0469. The first-order valence-corrected chi connectivity index (χ1v) is 10.6. The van der Waals surface area contributed by atoms with E-state index in [-0.39, 0.29) is 17.1 Å². The number of nitrogens with zero attached hydrogens (tertiary/aromatic N) is 2. The van der Waals surface area contributed by atoms with Crippen molar-refractivity contribution in [2.75, 3.05) is 0 Å². The van der Waals surface area contributed by atoms with Crippen molar-refractivity contribution in [3.05, 3.63) is 32.4 Å². The highest BCUT2D eigenvalue weighted by Gasteiger charge is 2.37. The molecule has 10 heteroatoms. The molecule has 1 N–H and O–H groups in total. The third-order valence-corrected chi connectivity index (χ3v) is 5.83. The van der Waals surface area contributed by atoms with Gasteiger partial charge in [0.2, 0.25) is 5.71 Å². The van der Waals surface area contributed by atoms with Crippen molar-refractivity contribution in [1.82, 2.24) is 9.97 Å². The maximum Gasteiger partial charge on any atom is 0.337 e. The van der Waals surface area contributed by atoms with Gasteiger partial charge in [-0.05, 0) is 72.6 Å². The second-order valence-electron chi connectivity index (χ2n) is 7.64. The van der Waals surface area contributed by atoms with Crippen LogP contribution < -0.4 is 16.0 Å². The highest BCUT2D eigenvalue weighted by molar-refractivity contribution is 14.1. The highest BCUT2D eigenvalue weighted by Crippen LogP contribution is 2.40. The predicted molar refractivity (Wildman–Crippen MR) is 113 cm³/mol. The number of H-pyrrole nitrogens is 1. The van der Waals surface area contributed by atoms with Gasteiger partial charge in [-0.15, -0.1) is 0 Å². The molecule has 1 aliphatic carbocycles. The Labute approximate surface area is 179 Å². The van der Waals surface area contributed by atoms with Gasteiger partial charge in [0, 0.05) is 12.0 Å². The Kier molecular flexibility index (Phi) is 6.69. The molecule has 0 unspecified atom stereocenters. The van der Waals surface area contributed by atoms with Crippen LogP contribution >= 0.6 is 22.6 Å². The number of nitrogens with one attached hydrogen (secondary N) is 1. The van der Waals surface area contributed by atoms with Gasteiger partial charge in [0.15, 0.2) is 0 Å². The lowest BCUT2D eigenvalue weighted by atomic mass is 9.88. The van der Waals surface area contributed by atoms with E-state index in [9.17, 15) is 18.4 Å². The van der Waals surface area contributed by atoms with E-state index in [0.717, 1.165) is 6.42 Å². The molecule has 158 valence electrons. The quantitative estimate of drug-likeness (QED) is 0.345. The van der Waals surface area contributed by atoms with E-state index in [1.165, 1.54) is 28.7 Å². The Morgan fingerprint density at radius 2 is 2.07 bits per heavy atom. The molecule has 2 aromatic rings. The van der Waals surface area contributed by atoms with Crippen molar-refractivity contribution in [3.63, 3.8) is 0 Å². The number of rotatable bonds is 6. The number of oxime groups is 1. The number of hydrogen-bond donors (Lipinski definition) is 1. The molecule has 0 aliphatic heterocycles. The zero-order valence-corrected chi connectivity index (χ0v) is 18.3. The first kappa shape index (κ1) is 21.8. The van der Waals surface area contributed by atoms with E-state index >= 15 is 0 Å². The average Bonchev–Trinajstić information content (AvgIpc) is 2.63. The summed E-state index contributed by atoms with van der Waals surface area (Å²) in [5.41, 5.74) is 0.0144. The fraction of sp³-hybridized carbons (Fsp3) is 0.579. The van der Waals surface area contributed by atoms with Crippen LogP contribution in [-0.2, 0) is 6.42 Å². The third-order valence-electron chi connectivity index (χ3n) is 4.95. The highest BCUT2D eigenvalue weighted by atomic mass is 127. The van der Waals surface area contributed by atoms with Crippen LogP contribution in [0.3, 0.4) is 0 Å². The summed E-state index contributed by atoms with van der Waals surface area (Å²) in [6.45, 7) is 4.10. The summed E-state index contributed by atoms with van der Waals surface area (Å²) in [5, 5.41) is 4.16. The number of alkyl halides is 3. The van der Waals surface area contributed by atoms with E-state index in [1.807, 2.05) is 0 Å². The van der Waals surface area contributed by atoms with E-state index < -0.39 is 21.0 Å². The molecule has 7 nitrogen and oxygen atoms in total. The van der Waals surface area contributed by atoms with Gasteiger partial charge in [0.25, 0.3) is 9.49 Å². The SMILES string of the molecule is CC(C)CCc1cc(=O)oc2nc(ON=C3CCC(C(F)(F)I)CC3)[nH]c(=O)c12. The topological polar surface area (TPSA) is 97.5 Å². The van der Waals surface area contributed by atoms with Crippen LogP contribution in [0.5, 0.6) is 6.01 Å². The minimum Gasteiger partial charge on any atom is -0.403 e. The van der Waals surface area contributed by atoms with Crippen molar-refractivity contribution in [2.24, 2.45) is 17.0 Å². The second kappa shape index (κ2) is 8.88. The molecule has 0 saturated heterocycles. The first-order chi connectivity index (χ1) is 13.6.